The molecule has 2 aromatic carbocycles. The number of benzene rings is 2. The Morgan fingerprint density at radius 1 is 1.00 bits per heavy atom. The van der Waals surface area contributed by atoms with E-state index in [-0.39, 0.29) is 5.56 Å². The Balaban J connectivity index is 1.71. The topological polar surface area (TPSA) is 74.0 Å². The lowest BCUT2D eigenvalue weighted by atomic mass is 10.2. The Labute approximate surface area is 131 Å². The van der Waals surface area contributed by atoms with Gasteiger partial charge in [-0.2, -0.15) is 0 Å². The number of H-pyrrole nitrogens is 1. The minimum absolute atomic E-state index is 0.139. The third-order valence-corrected chi connectivity index (χ3v) is 3.43. The molecule has 0 aliphatic rings. The normalized spacial score (nSPS) is 10.5. The highest BCUT2D eigenvalue weighted by Crippen LogP contribution is 2.16. The van der Waals surface area contributed by atoms with Crippen molar-refractivity contribution >= 4 is 22.7 Å². The standard InChI is InChI=1S/C17H14FN3O2/c1-10-6-7-11-9-15(19-14(11)8-10)17(23)21-20-16(22)12-4-2-3-5-13(12)18/h2-9,19H,1H3,(H,20,22)(H,21,23). The molecule has 3 aromatic rings. The van der Waals surface area contributed by atoms with Crippen molar-refractivity contribution in [1.82, 2.24) is 15.8 Å². The molecule has 1 heterocycles. The van der Waals surface area contributed by atoms with Gasteiger partial charge >= 0.3 is 0 Å². The lowest BCUT2D eigenvalue weighted by Crippen LogP contribution is -2.42. The number of hydrogen-bond acceptors (Lipinski definition) is 2. The molecule has 2 amide bonds. The lowest BCUT2D eigenvalue weighted by molar-refractivity contribution is 0.0842. The van der Waals surface area contributed by atoms with Crippen molar-refractivity contribution in [3.05, 3.63) is 71.2 Å². The van der Waals surface area contributed by atoms with E-state index >= 15 is 0 Å². The highest BCUT2D eigenvalue weighted by Gasteiger charge is 2.13. The molecule has 3 rings (SSSR count). The number of amides is 2. The fraction of sp³-hybridized carbons (Fsp3) is 0.0588. The van der Waals surface area contributed by atoms with Crippen LogP contribution in [0.3, 0.4) is 0 Å². The molecular weight excluding hydrogens is 297 g/mol. The van der Waals surface area contributed by atoms with Gasteiger partial charge in [0, 0.05) is 10.9 Å². The van der Waals surface area contributed by atoms with Crippen molar-refractivity contribution in [3.63, 3.8) is 0 Å². The Morgan fingerprint density at radius 3 is 2.52 bits per heavy atom. The van der Waals surface area contributed by atoms with Crippen LogP contribution in [0.15, 0.2) is 48.5 Å². The molecule has 23 heavy (non-hydrogen) atoms. The molecule has 3 N–H and O–H groups in total. The second-order valence-corrected chi connectivity index (χ2v) is 5.16. The van der Waals surface area contributed by atoms with Crippen molar-refractivity contribution < 1.29 is 14.0 Å². The first-order valence-corrected chi connectivity index (χ1v) is 6.99. The molecule has 0 radical (unpaired) electrons. The smallest absolute Gasteiger partial charge is 0.286 e. The Kier molecular flexibility index (Phi) is 3.80. The molecule has 0 unspecified atom stereocenters. The van der Waals surface area contributed by atoms with Gasteiger partial charge < -0.3 is 4.98 Å². The first-order chi connectivity index (χ1) is 11.0. The number of nitrogens with one attached hydrogen (secondary N) is 3. The predicted molar refractivity (Wildman–Crippen MR) is 84.4 cm³/mol. The molecule has 0 atom stereocenters. The van der Waals surface area contributed by atoms with Gasteiger partial charge in [-0.15, -0.1) is 0 Å². The van der Waals surface area contributed by atoms with E-state index in [2.05, 4.69) is 15.8 Å². The first-order valence-electron chi connectivity index (χ1n) is 6.99. The maximum absolute atomic E-state index is 13.5. The van der Waals surface area contributed by atoms with Gasteiger partial charge in [0.05, 0.1) is 5.56 Å². The second-order valence-electron chi connectivity index (χ2n) is 5.16. The molecule has 0 spiro atoms. The zero-order valence-corrected chi connectivity index (χ0v) is 12.3. The highest BCUT2D eigenvalue weighted by molar-refractivity contribution is 6.00. The van der Waals surface area contributed by atoms with Gasteiger partial charge in [0.15, 0.2) is 0 Å². The molecular formula is C17H14FN3O2. The number of aromatic amines is 1. The highest BCUT2D eigenvalue weighted by atomic mass is 19.1. The van der Waals surface area contributed by atoms with E-state index in [9.17, 15) is 14.0 Å². The molecule has 0 fully saturated rings. The monoisotopic (exact) mass is 311 g/mol. The van der Waals surface area contributed by atoms with Gasteiger partial charge in [0.2, 0.25) is 0 Å². The van der Waals surface area contributed by atoms with E-state index in [1.54, 1.807) is 12.1 Å². The van der Waals surface area contributed by atoms with Gasteiger partial charge in [-0.05, 0) is 36.8 Å². The maximum Gasteiger partial charge on any atom is 0.286 e. The summed E-state index contributed by atoms with van der Waals surface area (Å²) in [6.45, 7) is 1.95. The number of fused-ring (bicyclic) bond motifs is 1. The summed E-state index contributed by atoms with van der Waals surface area (Å²) in [6, 6.07) is 13.0. The summed E-state index contributed by atoms with van der Waals surface area (Å²) in [6.07, 6.45) is 0. The molecule has 0 saturated carbocycles. The van der Waals surface area contributed by atoms with E-state index in [1.807, 2.05) is 25.1 Å². The van der Waals surface area contributed by atoms with Gasteiger partial charge in [0.1, 0.15) is 11.5 Å². The van der Waals surface area contributed by atoms with Crippen LogP contribution in [0.1, 0.15) is 26.4 Å². The molecule has 0 bridgehead atoms. The van der Waals surface area contributed by atoms with Crippen LogP contribution in [0.4, 0.5) is 4.39 Å². The number of halogens is 1. The van der Waals surface area contributed by atoms with Crippen LogP contribution in [0.25, 0.3) is 10.9 Å². The van der Waals surface area contributed by atoms with Crippen LogP contribution in [-0.4, -0.2) is 16.8 Å². The van der Waals surface area contributed by atoms with Gasteiger partial charge in [-0.1, -0.05) is 24.3 Å². The van der Waals surface area contributed by atoms with Crippen LogP contribution in [-0.2, 0) is 0 Å². The van der Waals surface area contributed by atoms with E-state index < -0.39 is 17.6 Å². The number of aromatic nitrogens is 1. The Bertz CT molecular complexity index is 902. The SMILES string of the molecule is Cc1ccc2cc(C(=O)NNC(=O)c3ccccc3F)[nH]c2c1. The molecule has 5 nitrogen and oxygen atoms in total. The van der Waals surface area contributed by atoms with Crippen LogP contribution in [0.2, 0.25) is 0 Å². The molecule has 0 saturated heterocycles. The van der Waals surface area contributed by atoms with Gasteiger partial charge in [-0.3, -0.25) is 20.4 Å². The third-order valence-electron chi connectivity index (χ3n) is 3.43. The largest absolute Gasteiger partial charge is 0.350 e. The van der Waals surface area contributed by atoms with E-state index in [0.29, 0.717) is 5.69 Å². The Hall–Kier alpha value is -3.15. The third kappa shape index (κ3) is 3.06. The number of rotatable bonds is 2. The van der Waals surface area contributed by atoms with Crippen LogP contribution < -0.4 is 10.9 Å². The number of carbonyl (C=O) groups is 2. The average molecular weight is 311 g/mol. The molecule has 0 aliphatic heterocycles. The molecule has 1 aromatic heterocycles. The maximum atomic E-state index is 13.5. The zero-order valence-electron chi connectivity index (χ0n) is 12.3. The van der Waals surface area contributed by atoms with Crippen molar-refractivity contribution in [3.8, 4) is 0 Å². The summed E-state index contributed by atoms with van der Waals surface area (Å²) in [5, 5.41) is 0.890. The van der Waals surface area contributed by atoms with E-state index in [1.165, 1.54) is 18.2 Å². The molecule has 0 aliphatic carbocycles. The summed E-state index contributed by atoms with van der Waals surface area (Å²) in [7, 11) is 0. The fourth-order valence-electron chi connectivity index (χ4n) is 2.26. The zero-order chi connectivity index (χ0) is 16.4. The van der Waals surface area contributed by atoms with E-state index in [4.69, 9.17) is 0 Å². The van der Waals surface area contributed by atoms with Crippen LogP contribution in [0.5, 0.6) is 0 Å². The number of aryl methyl sites for hydroxylation is 1. The quantitative estimate of drug-likeness (QED) is 0.637. The van der Waals surface area contributed by atoms with Crippen molar-refractivity contribution in [2.45, 2.75) is 6.92 Å². The first kappa shape index (κ1) is 14.8. The van der Waals surface area contributed by atoms with E-state index in [0.717, 1.165) is 16.5 Å². The number of carbonyl (C=O) groups excluding carboxylic acids is 2. The summed E-state index contributed by atoms with van der Waals surface area (Å²) in [4.78, 5) is 26.9. The summed E-state index contributed by atoms with van der Waals surface area (Å²) < 4.78 is 13.5. The van der Waals surface area contributed by atoms with Crippen molar-refractivity contribution in [2.24, 2.45) is 0 Å². The average Bonchev–Trinajstić information content (AvgIpc) is 2.95. The molecule has 6 heteroatoms. The number of hydrogen-bond donors (Lipinski definition) is 3. The Morgan fingerprint density at radius 2 is 1.74 bits per heavy atom. The fourth-order valence-corrected chi connectivity index (χ4v) is 2.26. The summed E-state index contributed by atoms with van der Waals surface area (Å²) in [5.74, 6) is -1.88. The number of hydrazine groups is 1. The van der Waals surface area contributed by atoms with Crippen LogP contribution in [0, 0.1) is 12.7 Å². The summed E-state index contributed by atoms with van der Waals surface area (Å²) >= 11 is 0. The molecule has 116 valence electrons. The van der Waals surface area contributed by atoms with Crippen molar-refractivity contribution in [2.75, 3.05) is 0 Å². The van der Waals surface area contributed by atoms with Gasteiger partial charge in [0.25, 0.3) is 11.8 Å². The predicted octanol–water partition coefficient (Wildman–Crippen LogP) is 2.69. The van der Waals surface area contributed by atoms with Crippen molar-refractivity contribution in [1.29, 1.82) is 0 Å². The minimum atomic E-state index is -0.719. The summed E-state index contributed by atoms with van der Waals surface area (Å²) in [5.41, 5.74) is 6.52. The minimum Gasteiger partial charge on any atom is -0.350 e. The van der Waals surface area contributed by atoms with Gasteiger partial charge in [-0.25, -0.2) is 4.39 Å². The second kappa shape index (κ2) is 5.92. The van der Waals surface area contributed by atoms with Crippen LogP contribution >= 0.6 is 0 Å². The lowest BCUT2D eigenvalue weighted by Gasteiger charge is -2.06.